The smallest absolute Gasteiger partial charge is 0.272 e. The largest absolute Gasteiger partial charge is 0.426 e. The summed E-state index contributed by atoms with van der Waals surface area (Å²) in [5.74, 6) is 5.56. The number of morpholine rings is 2. The Morgan fingerprint density at radius 3 is 1.19 bits per heavy atom. The number of likely N-dealkylation sites (tertiary alicyclic amines) is 1. The van der Waals surface area contributed by atoms with Crippen LogP contribution in [-0.4, -0.2) is 140 Å². The molecule has 5 aliphatic rings. The van der Waals surface area contributed by atoms with Crippen molar-refractivity contribution in [3.05, 3.63) is 30.2 Å². The molecule has 4 saturated heterocycles. The summed E-state index contributed by atoms with van der Waals surface area (Å²) in [5.41, 5.74) is 0. The van der Waals surface area contributed by atoms with Crippen LogP contribution in [0.3, 0.4) is 0 Å². The van der Waals surface area contributed by atoms with Crippen molar-refractivity contribution in [1.82, 2.24) is 35.1 Å². The van der Waals surface area contributed by atoms with Crippen molar-refractivity contribution >= 4 is 0 Å². The average Bonchev–Trinajstić information content (AvgIpc) is 3.96. The van der Waals surface area contributed by atoms with Gasteiger partial charge in [-0.3, -0.25) is 14.9 Å². The molecule has 2 aromatic rings. The number of alkyl halides is 2. The van der Waals surface area contributed by atoms with Gasteiger partial charge in [-0.2, -0.15) is 5.10 Å². The van der Waals surface area contributed by atoms with E-state index in [0.717, 1.165) is 120 Å². The van der Waals surface area contributed by atoms with Crippen LogP contribution in [0.25, 0.3) is 0 Å². The first-order chi connectivity index (χ1) is 33.0. The van der Waals surface area contributed by atoms with Gasteiger partial charge in [-0.1, -0.05) is 221 Å². The van der Waals surface area contributed by atoms with E-state index in [1.54, 1.807) is 24.2 Å². The van der Waals surface area contributed by atoms with Crippen LogP contribution in [0.2, 0.25) is 0 Å². The molecule has 6 heterocycles. The molecule has 0 spiro atoms. The molecule has 0 amide bonds. The minimum Gasteiger partial charge on any atom is -0.426 e. The fraction of sp³-hybridized carbons (Fsp3) is 0.922. The maximum atomic E-state index is 12.2. The van der Waals surface area contributed by atoms with Crippen molar-refractivity contribution < 1.29 is 27.4 Å². The third-order valence-electron chi connectivity index (χ3n) is 11.5. The summed E-state index contributed by atoms with van der Waals surface area (Å²) in [6.45, 7) is 51.3. The highest BCUT2D eigenvalue weighted by molar-refractivity contribution is 4.87. The van der Waals surface area contributed by atoms with Gasteiger partial charge in [0.1, 0.15) is 0 Å². The van der Waals surface area contributed by atoms with Crippen LogP contribution in [0.5, 0.6) is 0 Å². The molecule has 1 saturated carbocycles. The SMILES string of the molecule is C.C.C.C.C.C.C.C1COC1.CC(C)CCC1CCC1.CC(C)CN1CC(F)(F)C1.CC(C)CN1CCOCC1.CCC(C)C.CCC(C)C.CCC(C)C.CN1CCOCC1.Cc1nnc(CC(C)C)o1.c1cn[nH]c1. The minimum atomic E-state index is -2.39. The van der Waals surface area contributed by atoms with E-state index in [2.05, 4.69) is 141 Å². The molecular weight excluding hydrogens is 969 g/mol. The van der Waals surface area contributed by atoms with E-state index in [1.165, 1.54) is 64.3 Å². The Morgan fingerprint density at radius 1 is 0.571 bits per heavy atom. The topological polar surface area (TPSA) is 105 Å². The lowest BCUT2D eigenvalue weighted by Crippen LogP contribution is -2.56. The van der Waals surface area contributed by atoms with Gasteiger partial charge in [0.05, 0.1) is 39.5 Å². The summed E-state index contributed by atoms with van der Waals surface area (Å²) >= 11 is 0. The zero-order valence-electron chi connectivity index (χ0n) is 49.4. The summed E-state index contributed by atoms with van der Waals surface area (Å²) in [7, 11) is 2.11. The number of hydrogen-bond donors (Lipinski definition) is 1. The van der Waals surface area contributed by atoms with Gasteiger partial charge >= 0.3 is 0 Å². The first-order valence-electron chi connectivity index (χ1n) is 27.9. The summed E-state index contributed by atoms with van der Waals surface area (Å²) in [6, 6.07) is 1.83. The van der Waals surface area contributed by atoms with Gasteiger partial charge in [-0.05, 0) is 66.9 Å². The van der Waals surface area contributed by atoms with Gasteiger partial charge in [0.2, 0.25) is 11.8 Å². The first-order valence-corrected chi connectivity index (χ1v) is 27.9. The summed E-state index contributed by atoms with van der Waals surface area (Å²) in [6.07, 6.45) is 17.0. The van der Waals surface area contributed by atoms with Crippen molar-refractivity contribution in [2.75, 3.05) is 99.0 Å². The van der Waals surface area contributed by atoms with Crippen LogP contribution in [0.15, 0.2) is 22.9 Å². The lowest BCUT2D eigenvalue weighted by Gasteiger charge is -2.39. The number of nitrogens with one attached hydrogen (secondary N) is 1. The number of nitrogens with zero attached hydrogens (tertiary/aromatic N) is 6. The Kier molecular flexibility index (Phi) is 81.8. The summed E-state index contributed by atoms with van der Waals surface area (Å²) in [5, 5.41) is 13.8. The van der Waals surface area contributed by atoms with Crippen LogP contribution in [0, 0.1) is 54.3 Å². The maximum Gasteiger partial charge on any atom is 0.272 e. The number of H-pyrrole nitrogens is 1. The average molecular weight is 1110 g/mol. The van der Waals surface area contributed by atoms with Gasteiger partial charge < -0.3 is 23.5 Å². The predicted molar refractivity (Wildman–Crippen MR) is 342 cm³/mol. The molecule has 5 fully saturated rings. The molecule has 2 aromatic heterocycles. The standard InChI is InChI=1S/C9H18.C8H17NO.C7H13F2N.C7H12N2O.C5H11NO.3C5H12.C3H4N2.C3H6O.7CH4/c1-8(2)6-7-9-4-3-5-9;1-8(2)7-9-3-5-10-6-4-9;1-6(2)3-10-4-7(8,9)5-10;1-5(2)4-7-9-8-6(3)10-7;1-6-2-4-7-5-3-6;3*1-4-5(2)3;1-2-4-5-3-1;1-2-4-3-1;;;;;;;/h8-9H,3-7H2,1-2H3;8H,3-7H2,1-2H3;6H,3-5H2,1-2H3;5H,4H2,1-3H3;2-5H2,1H3;3*5H,4H2,1-3H3;1-3H,(H,4,5);1-3H2;7*1H4. The van der Waals surface area contributed by atoms with Crippen molar-refractivity contribution in [3.8, 4) is 0 Å². The van der Waals surface area contributed by atoms with E-state index in [9.17, 15) is 8.78 Å². The number of hydrogen-bond acceptors (Lipinski definition) is 10. The molecule has 0 bridgehead atoms. The number of aryl methyl sites for hydroxylation is 1. The minimum absolute atomic E-state index is 0. The van der Waals surface area contributed by atoms with Crippen molar-refractivity contribution in [2.45, 2.75) is 247 Å². The quantitative estimate of drug-likeness (QED) is 0.221. The Labute approximate surface area is 484 Å². The molecule has 0 radical (unpaired) electrons. The Bertz CT molecular complexity index is 1240. The van der Waals surface area contributed by atoms with Crippen molar-refractivity contribution in [1.29, 1.82) is 0 Å². The zero-order chi connectivity index (χ0) is 53.8. The lowest BCUT2D eigenvalue weighted by atomic mass is 9.81. The number of aromatic amines is 1. The molecule has 1 N–H and O–H groups in total. The number of ether oxygens (including phenoxy) is 3. The van der Waals surface area contributed by atoms with Crippen molar-refractivity contribution in [2.24, 2.45) is 47.3 Å². The molecule has 474 valence electrons. The fourth-order valence-electron chi connectivity index (χ4n) is 5.69. The summed E-state index contributed by atoms with van der Waals surface area (Å²) < 4.78 is 44.6. The van der Waals surface area contributed by atoms with Crippen LogP contribution >= 0.6 is 0 Å². The first kappa shape index (κ1) is 97.2. The fourth-order valence-corrected chi connectivity index (χ4v) is 5.69. The van der Waals surface area contributed by atoms with Crippen LogP contribution in [-0.2, 0) is 20.6 Å². The maximum absolute atomic E-state index is 12.2. The molecule has 11 nitrogen and oxygen atoms in total. The van der Waals surface area contributed by atoms with Gasteiger partial charge in [-0.25, -0.2) is 8.78 Å². The van der Waals surface area contributed by atoms with Crippen LogP contribution < -0.4 is 0 Å². The number of likely N-dealkylation sites (N-methyl/N-ethyl adjacent to an activating group) is 1. The molecule has 4 aliphatic heterocycles. The van der Waals surface area contributed by atoms with Gasteiger partial charge in [-0.15, -0.1) is 10.2 Å². The Hall–Kier alpha value is -2.03. The van der Waals surface area contributed by atoms with Crippen molar-refractivity contribution in [3.63, 3.8) is 0 Å². The van der Waals surface area contributed by atoms with E-state index in [0.29, 0.717) is 17.7 Å². The number of rotatable bonds is 12. The van der Waals surface area contributed by atoms with Gasteiger partial charge in [0.25, 0.3) is 5.92 Å². The molecule has 0 aromatic carbocycles. The van der Waals surface area contributed by atoms with Crippen LogP contribution in [0.4, 0.5) is 8.78 Å². The van der Waals surface area contributed by atoms with Gasteiger partial charge in [0, 0.05) is 78.2 Å². The molecule has 1 aliphatic carbocycles. The highest BCUT2D eigenvalue weighted by atomic mass is 19.3. The molecule has 0 unspecified atom stereocenters. The van der Waals surface area contributed by atoms with E-state index in [-0.39, 0.29) is 65.1 Å². The van der Waals surface area contributed by atoms with E-state index < -0.39 is 5.92 Å². The molecule has 0 atom stereocenters. The van der Waals surface area contributed by atoms with E-state index >= 15 is 0 Å². The highest BCUT2D eigenvalue weighted by Crippen LogP contribution is 2.31. The third kappa shape index (κ3) is 76.1. The zero-order valence-corrected chi connectivity index (χ0v) is 49.4. The lowest BCUT2D eigenvalue weighted by molar-refractivity contribution is -0.133. The second-order valence-electron chi connectivity index (χ2n) is 22.4. The second kappa shape index (κ2) is 64.8. The number of halogens is 2. The third-order valence-corrected chi connectivity index (χ3v) is 11.5. The van der Waals surface area contributed by atoms with E-state index in [1.807, 2.05) is 19.9 Å². The summed E-state index contributed by atoms with van der Waals surface area (Å²) in [4.78, 5) is 6.52. The predicted octanol–water partition coefficient (Wildman–Crippen LogP) is 18.7. The van der Waals surface area contributed by atoms with Gasteiger partial charge in [0.15, 0.2) is 0 Å². The Balaban J connectivity index is -0.0000000813. The molecule has 7 rings (SSSR count). The van der Waals surface area contributed by atoms with E-state index in [4.69, 9.17) is 18.6 Å². The monoisotopic (exact) mass is 1110 g/mol. The Morgan fingerprint density at radius 2 is 0.974 bits per heavy atom. The normalized spacial score (nSPS) is 15.8. The highest BCUT2D eigenvalue weighted by Gasteiger charge is 2.43. The number of aromatic nitrogens is 4. The molecule has 13 heteroatoms. The van der Waals surface area contributed by atoms with Crippen LogP contribution in [0.1, 0.15) is 239 Å². The second-order valence-corrected chi connectivity index (χ2v) is 22.4. The molecule has 77 heavy (non-hydrogen) atoms. The molecular formula is C64H145F2N7O4.